The third-order valence-corrected chi connectivity index (χ3v) is 6.06. The Morgan fingerprint density at radius 2 is 1.87 bits per heavy atom. The Labute approximate surface area is 174 Å². The van der Waals surface area contributed by atoms with E-state index in [1.165, 1.54) is 6.07 Å². The van der Waals surface area contributed by atoms with Gasteiger partial charge in [0.05, 0.1) is 23.3 Å². The van der Waals surface area contributed by atoms with E-state index in [1.54, 1.807) is 29.1 Å². The number of para-hydroxylation sites is 1. The summed E-state index contributed by atoms with van der Waals surface area (Å²) in [6, 6.07) is 16.5. The van der Waals surface area contributed by atoms with Crippen LogP contribution in [-0.4, -0.2) is 43.0 Å². The van der Waals surface area contributed by atoms with Crippen molar-refractivity contribution < 1.29 is 13.2 Å². The normalized spacial score (nSPS) is 15.5. The minimum Gasteiger partial charge on any atom is -0.356 e. The highest BCUT2D eigenvalue weighted by Crippen LogP contribution is 2.22. The molecule has 0 aliphatic carbocycles. The third kappa shape index (κ3) is 4.41. The first-order valence-corrected chi connectivity index (χ1v) is 11.0. The lowest BCUT2D eigenvalue weighted by Gasteiger charge is -2.03. The molecule has 8 nitrogen and oxygen atoms in total. The van der Waals surface area contributed by atoms with Crippen LogP contribution in [0.25, 0.3) is 5.69 Å². The second-order valence-electron chi connectivity index (χ2n) is 6.81. The summed E-state index contributed by atoms with van der Waals surface area (Å²) >= 11 is 0. The van der Waals surface area contributed by atoms with Gasteiger partial charge in [0.15, 0.2) is 0 Å². The minimum atomic E-state index is -3.56. The van der Waals surface area contributed by atoms with Gasteiger partial charge in [-0.1, -0.05) is 30.3 Å². The van der Waals surface area contributed by atoms with E-state index in [-0.39, 0.29) is 29.6 Å². The van der Waals surface area contributed by atoms with E-state index in [0.717, 1.165) is 11.3 Å². The van der Waals surface area contributed by atoms with Gasteiger partial charge in [-0.3, -0.25) is 14.5 Å². The predicted octanol–water partition coefficient (Wildman–Crippen LogP) is 1.66. The molecule has 1 amide bonds. The van der Waals surface area contributed by atoms with E-state index in [2.05, 4.69) is 20.1 Å². The van der Waals surface area contributed by atoms with E-state index in [1.807, 2.05) is 36.5 Å². The summed E-state index contributed by atoms with van der Waals surface area (Å²) in [5.74, 6) is 0.149. The van der Waals surface area contributed by atoms with Gasteiger partial charge in [-0.15, -0.1) is 0 Å². The smallest absolute Gasteiger partial charge is 0.263 e. The average Bonchev–Trinajstić information content (AvgIpc) is 3.32. The number of aromatic nitrogens is 2. The van der Waals surface area contributed by atoms with Crippen molar-refractivity contribution in [2.24, 2.45) is 4.99 Å². The zero-order valence-electron chi connectivity index (χ0n) is 16.2. The van der Waals surface area contributed by atoms with E-state index in [4.69, 9.17) is 0 Å². The van der Waals surface area contributed by atoms with Crippen LogP contribution in [0, 0.1) is 0 Å². The van der Waals surface area contributed by atoms with Gasteiger partial charge in [0, 0.05) is 24.7 Å². The summed E-state index contributed by atoms with van der Waals surface area (Å²) < 4.78 is 28.3. The van der Waals surface area contributed by atoms with Gasteiger partial charge in [-0.2, -0.15) is 5.10 Å². The number of hydrogen-bond acceptors (Lipinski definition) is 5. The van der Waals surface area contributed by atoms with E-state index < -0.39 is 10.0 Å². The highest BCUT2D eigenvalue weighted by molar-refractivity contribution is 7.90. The van der Waals surface area contributed by atoms with Crippen molar-refractivity contribution in [3.63, 3.8) is 0 Å². The fourth-order valence-corrected chi connectivity index (χ4v) is 4.42. The Balaban J connectivity index is 1.25. The van der Waals surface area contributed by atoms with Crippen LogP contribution >= 0.6 is 0 Å². The SMILES string of the molecule is O=C(CCN=C1NS(=O)(=O)c2ccccc21)NCCc1cnn(-c2ccccc2)c1. The first-order chi connectivity index (χ1) is 14.5. The minimum absolute atomic E-state index is 0.135. The van der Waals surface area contributed by atoms with Gasteiger partial charge < -0.3 is 5.32 Å². The fraction of sp³-hybridized carbons (Fsp3) is 0.190. The fourth-order valence-electron chi connectivity index (χ4n) is 3.17. The number of nitrogens with one attached hydrogen (secondary N) is 2. The molecule has 2 N–H and O–H groups in total. The molecule has 4 rings (SSSR count). The molecule has 30 heavy (non-hydrogen) atoms. The number of amidine groups is 1. The molecular formula is C21H21N5O3S. The van der Waals surface area contributed by atoms with Crippen LogP contribution in [0.3, 0.4) is 0 Å². The maximum Gasteiger partial charge on any atom is 0.263 e. The van der Waals surface area contributed by atoms with Gasteiger partial charge in [-0.05, 0) is 36.2 Å². The molecule has 0 saturated heterocycles. The zero-order chi connectivity index (χ0) is 21.0. The lowest BCUT2D eigenvalue weighted by molar-refractivity contribution is -0.120. The number of nitrogens with zero attached hydrogens (tertiary/aromatic N) is 3. The van der Waals surface area contributed by atoms with E-state index in [9.17, 15) is 13.2 Å². The van der Waals surface area contributed by atoms with Crippen LogP contribution in [0.15, 0.2) is 76.9 Å². The predicted molar refractivity (Wildman–Crippen MR) is 113 cm³/mol. The van der Waals surface area contributed by atoms with Crippen LogP contribution in [0.5, 0.6) is 0 Å². The molecule has 0 spiro atoms. The Bertz CT molecular complexity index is 1190. The highest BCUT2D eigenvalue weighted by atomic mass is 32.2. The number of fused-ring (bicyclic) bond motifs is 1. The van der Waals surface area contributed by atoms with Gasteiger partial charge >= 0.3 is 0 Å². The number of rotatable bonds is 7. The number of aliphatic imine (C=N–C) groups is 1. The molecule has 1 aromatic heterocycles. The molecule has 0 saturated carbocycles. The van der Waals surface area contributed by atoms with Crippen LogP contribution < -0.4 is 10.0 Å². The van der Waals surface area contributed by atoms with Crippen molar-refractivity contribution in [2.45, 2.75) is 17.7 Å². The largest absolute Gasteiger partial charge is 0.356 e. The molecule has 0 unspecified atom stereocenters. The lowest BCUT2D eigenvalue weighted by Crippen LogP contribution is -2.27. The topological polar surface area (TPSA) is 105 Å². The van der Waals surface area contributed by atoms with Gasteiger partial charge in [0.25, 0.3) is 10.0 Å². The van der Waals surface area contributed by atoms with Crippen molar-refractivity contribution in [3.05, 3.63) is 78.1 Å². The van der Waals surface area contributed by atoms with Gasteiger partial charge in [0.2, 0.25) is 5.91 Å². The Morgan fingerprint density at radius 1 is 1.10 bits per heavy atom. The first kappa shape index (κ1) is 19.8. The third-order valence-electron chi connectivity index (χ3n) is 4.66. The summed E-state index contributed by atoms with van der Waals surface area (Å²) in [5, 5.41) is 7.20. The number of amides is 1. The molecule has 154 valence electrons. The zero-order valence-corrected chi connectivity index (χ0v) is 17.0. The van der Waals surface area contributed by atoms with Crippen molar-refractivity contribution in [1.82, 2.24) is 19.8 Å². The van der Waals surface area contributed by atoms with E-state index >= 15 is 0 Å². The molecule has 2 heterocycles. The maximum atomic E-state index is 12.1. The lowest BCUT2D eigenvalue weighted by atomic mass is 10.2. The molecule has 0 atom stereocenters. The van der Waals surface area contributed by atoms with Crippen molar-refractivity contribution >= 4 is 21.8 Å². The molecule has 1 aliphatic heterocycles. The maximum absolute atomic E-state index is 12.1. The molecule has 0 fully saturated rings. The first-order valence-electron chi connectivity index (χ1n) is 9.55. The van der Waals surface area contributed by atoms with Crippen LogP contribution in [-0.2, 0) is 21.2 Å². The summed E-state index contributed by atoms with van der Waals surface area (Å²) in [6.07, 6.45) is 4.57. The summed E-state index contributed by atoms with van der Waals surface area (Å²) in [4.78, 5) is 16.5. The van der Waals surface area contributed by atoms with E-state index in [0.29, 0.717) is 18.5 Å². The van der Waals surface area contributed by atoms with Gasteiger partial charge in [0.1, 0.15) is 5.84 Å². The number of hydrogen-bond donors (Lipinski definition) is 2. The van der Waals surface area contributed by atoms with Crippen LogP contribution in [0.2, 0.25) is 0 Å². The number of benzene rings is 2. The molecule has 2 aromatic carbocycles. The van der Waals surface area contributed by atoms with Crippen molar-refractivity contribution in [1.29, 1.82) is 0 Å². The second kappa shape index (κ2) is 8.50. The Kier molecular flexibility index (Phi) is 5.62. The van der Waals surface area contributed by atoms with Crippen molar-refractivity contribution in [2.75, 3.05) is 13.1 Å². The molecule has 0 bridgehead atoms. The Morgan fingerprint density at radius 3 is 2.70 bits per heavy atom. The van der Waals surface area contributed by atoms with Gasteiger partial charge in [-0.25, -0.2) is 13.1 Å². The molecule has 9 heteroatoms. The monoisotopic (exact) mass is 423 g/mol. The quantitative estimate of drug-likeness (QED) is 0.603. The number of carbonyl (C=O) groups excluding carboxylic acids is 1. The Hall–Kier alpha value is -3.46. The number of carbonyl (C=O) groups is 1. The molecular weight excluding hydrogens is 402 g/mol. The standard InChI is InChI=1S/C21H21N5O3S/c27-20(11-13-23-21-18-8-4-5-9-19(18)30(28,29)25-21)22-12-10-16-14-24-26(15-16)17-6-2-1-3-7-17/h1-9,14-15H,10-13H2,(H,22,27)(H,23,25). The average molecular weight is 423 g/mol. The summed E-state index contributed by atoms with van der Waals surface area (Å²) in [7, 11) is -3.56. The van der Waals surface area contributed by atoms with Crippen LogP contribution in [0.1, 0.15) is 17.5 Å². The summed E-state index contributed by atoms with van der Waals surface area (Å²) in [6.45, 7) is 0.690. The highest BCUT2D eigenvalue weighted by Gasteiger charge is 2.29. The second-order valence-corrected chi connectivity index (χ2v) is 8.46. The van der Waals surface area contributed by atoms with Crippen LogP contribution in [0.4, 0.5) is 0 Å². The molecule has 0 radical (unpaired) electrons. The summed E-state index contributed by atoms with van der Waals surface area (Å²) in [5.41, 5.74) is 2.54. The number of sulfonamides is 1. The molecule has 1 aliphatic rings. The van der Waals surface area contributed by atoms with Crippen molar-refractivity contribution in [3.8, 4) is 5.69 Å². The molecule has 3 aromatic rings.